The summed E-state index contributed by atoms with van der Waals surface area (Å²) in [4.78, 5) is 8.37. The number of rotatable bonds is 3. The first-order chi connectivity index (χ1) is 9.31. The normalized spacial score (nSPS) is 10.8. The van der Waals surface area contributed by atoms with Crippen molar-refractivity contribution in [1.82, 2.24) is 14.5 Å². The van der Waals surface area contributed by atoms with Crippen LogP contribution in [0.3, 0.4) is 0 Å². The molecule has 2 aromatic heterocycles. The van der Waals surface area contributed by atoms with Crippen LogP contribution in [0.15, 0.2) is 42.7 Å². The van der Waals surface area contributed by atoms with E-state index in [0.29, 0.717) is 12.6 Å². The van der Waals surface area contributed by atoms with Gasteiger partial charge in [-0.15, -0.1) is 0 Å². The van der Waals surface area contributed by atoms with Crippen molar-refractivity contribution in [2.24, 2.45) is 0 Å². The molecule has 1 aromatic carbocycles. The maximum Gasteiger partial charge on any atom is 0.206 e. The number of imidazole rings is 1. The van der Waals surface area contributed by atoms with Gasteiger partial charge in [-0.1, -0.05) is 12.1 Å². The molecule has 0 aliphatic carbocycles. The summed E-state index contributed by atoms with van der Waals surface area (Å²) in [5.74, 6) is 1.21. The van der Waals surface area contributed by atoms with Crippen molar-refractivity contribution in [1.29, 1.82) is 0 Å². The zero-order chi connectivity index (χ0) is 13.2. The Bertz CT molecular complexity index is 720. The number of ether oxygens (including phenoxy) is 1. The maximum absolute atomic E-state index is 6.02. The summed E-state index contributed by atoms with van der Waals surface area (Å²) in [6, 6.07) is 9.66. The van der Waals surface area contributed by atoms with Gasteiger partial charge < -0.3 is 10.5 Å². The number of pyridine rings is 1. The maximum atomic E-state index is 6.02. The van der Waals surface area contributed by atoms with Gasteiger partial charge >= 0.3 is 0 Å². The van der Waals surface area contributed by atoms with Crippen LogP contribution >= 0.6 is 0 Å². The van der Waals surface area contributed by atoms with Crippen LogP contribution in [0.1, 0.15) is 6.92 Å². The number of nitrogen functional groups attached to an aromatic ring is 1. The van der Waals surface area contributed by atoms with E-state index < -0.39 is 0 Å². The monoisotopic (exact) mass is 254 g/mol. The van der Waals surface area contributed by atoms with Gasteiger partial charge in [-0.05, 0) is 25.1 Å². The van der Waals surface area contributed by atoms with Gasteiger partial charge in [0.15, 0.2) is 0 Å². The SMILES string of the molecule is CCOc1ccccc1-n1c(N)nc2cnccc21. The summed E-state index contributed by atoms with van der Waals surface area (Å²) >= 11 is 0. The fourth-order valence-corrected chi connectivity index (χ4v) is 2.12. The smallest absolute Gasteiger partial charge is 0.206 e. The lowest BCUT2D eigenvalue weighted by molar-refractivity contribution is 0.339. The van der Waals surface area contributed by atoms with E-state index in [-0.39, 0.29) is 0 Å². The number of nitrogens with zero attached hydrogens (tertiary/aromatic N) is 3. The molecule has 0 spiro atoms. The van der Waals surface area contributed by atoms with Crippen molar-refractivity contribution in [3.05, 3.63) is 42.7 Å². The number of hydrogen-bond donors (Lipinski definition) is 1. The molecule has 5 nitrogen and oxygen atoms in total. The highest BCUT2D eigenvalue weighted by Gasteiger charge is 2.13. The molecule has 0 bridgehead atoms. The van der Waals surface area contributed by atoms with Gasteiger partial charge in [0, 0.05) is 6.20 Å². The fourth-order valence-electron chi connectivity index (χ4n) is 2.12. The Hall–Kier alpha value is -2.56. The third-order valence-corrected chi connectivity index (χ3v) is 2.89. The average molecular weight is 254 g/mol. The molecule has 5 heteroatoms. The number of hydrogen-bond acceptors (Lipinski definition) is 4. The Labute approximate surface area is 110 Å². The van der Waals surface area contributed by atoms with Crippen molar-refractivity contribution < 1.29 is 4.74 Å². The van der Waals surface area contributed by atoms with Gasteiger partial charge in [-0.3, -0.25) is 9.55 Å². The van der Waals surface area contributed by atoms with Crippen LogP contribution in [0, 0.1) is 0 Å². The second-order valence-corrected chi connectivity index (χ2v) is 4.07. The zero-order valence-corrected chi connectivity index (χ0v) is 10.6. The first kappa shape index (κ1) is 11.5. The minimum absolute atomic E-state index is 0.426. The minimum Gasteiger partial charge on any atom is -0.492 e. The lowest BCUT2D eigenvalue weighted by atomic mass is 10.2. The summed E-state index contributed by atoms with van der Waals surface area (Å²) in [6.07, 6.45) is 3.43. The van der Waals surface area contributed by atoms with Crippen LogP contribution in [0.4, 0.5) is 5.95 Å². The van der Waals surface area contributed by atoms with E-state index in [4.69, 9.17) is 10.5 Å². The predicted molar refractivity (Wildman–Crippen MR) is 74.4 cm³/mol. The molecule has 0 fully saturated rings. The summed E-state index contributed by atoms with van der Waals surface area (Å²) in [7, 11) is 0. The Balaban J connectivity index is 2.27. The van der Waals surface area contributed by atoms with E-state index in [1.807, 2.05) is 41.8 Å². The number of para-hydroxylation sites is 2. The first-order valence-corrected chi connectivity index (χ1v) is 6.11. The molecule has 96 valence electrons. The molecular formula is C14H14N4O. The van der Waals surface area contributed by atoms with Crippen molar-refractivity contribution in [2.75, 3.05) is 12.3 Å². The molecule has 0 saturated carbocycles. The lowest BCUT2D eigenvalue weighted by Crippen LogP contribution is -2.04. The predicted octanol–water partition coefficient (Wildman–Crippen LogP) is 2.40. The second kappa shape index (κ2) is 4.61. The third kappa shape index (κ3) is 1.89. The van der Waals surface area contributed by atoms with E-state index in [1.165, 1.54) is 0 Å². The fraction of sp³-hybridized carbons (Fsp3) is 0.143. The summed E-state index contributed by atoms with van der Waals surface area (Å²) in [5, 5.41) is 0. The quantitative estimate of drug-likeness (QED) is 0.779. The van der Waals surface area contributed by atoms with Gasteiger partial charge in [-0.2, -0.15) is 0 Å². The highest BCUT2D eigenvalue weighted by Crippen LogP contribution is 2.28. The molecule has 0 atom stereocenters. The molecule has 0 aliphatic heterocycles. The lowest BCUT2D eigenvalue weighted by Gasteiger charge is -2.12. The topological polar surface area (TPSA) is 66.0 Å². The standard InChI is InChI=1S/C14H14N4O/c1-2-19-13-6-4-3-5-12(13)18-11-7-8-16-9-10(11)17-14(18)15/h3-9H,2H2,1H3,(H2,15,17). The molecule has 0 aliphatic rings. The van der Waals surface area contributed by atoms with Crippen LogP contribution in [0.25, 0.3) is 16.7 Å². The van der Waals surface area contributed by atoms with Crippen LogP contribution in [-0.2, 0) is 0 Å². The molecule has 3 aromatic rings. The Morgan fingerprint density at radius 2 is 2.11 bits per heavy atom. The Morgan fingerprint density at radius 1 is 1.26 bits per heavy atom. The largest absolute Gasteiger partial charge is 0.492 e. The van der Waals surface area contributed by atoms with Crippen LogP contribution in [0.2, 0.25) is 0 Å². The third-order valence-electron chi connectivity index (χ3n) is 2.89. The van der Waals surface area contributed by atoms with Crippen molar-refractivity contribution in [2.45, 2.75) is 6.92 Å². The van der Waals surface area contributed by atoms with Gasteiger partial charge in [0.2, 0.25) is 5.95 Å². The van der Waals surface area contributed by atoms with E-state index in [1.54, 1.807) is 12.4 Å². The second-order valence-electron chi connectivity index (χ2n) is 4.07. The average Bonchev–Trinajstić information content (AvgIpc) is 2.76. The molecule has 0 radical (unpaired) electrons. The first-order valence-electron chi connectivity index (χ1n) is 6.11. The molecule has 2 N–H and O–H groups in total. The highest BCUT2D eigenvalue weighted by molar-refractivity contribution is 5.80. The van der Waals surface area contributed by atoms with Gasteiger partial charge in [0.1, 0.15) is 11.3 Å². The summed E-state index contributed by atoms with van der Waals surface area (Å²) in [6.45, 7) is 2.56. The molecule has 2 heterocycles. The van der Waals surface area contributed by atoms with Crippen molar-refractivity contribution >= 4 is 17.0 Å². The molecule has 0 unspecified atom stereocenters. The van der Waals surface area contributed by atoms with E-state index in [0.717, 1.165) is 22.5 Å². The van der Waals surface area contributed by atoms with Crippen LogP contribution in [0.5, 0.6) is 5.75 Å². The number of fused-ring (bicyclic) bond motifs is 1. The minimum atomic E-state index is 0.426. The van der Waals surface area contributed by atoms with Crippen molar-refractivity contribution in [3.8, 4) is 11.4 Å². The van der Waals surface area contributed by atoms with E-state index >= 15 is 0 Å². The van der Waals surface area contributed by atoms with Crippen molar-refractivity contribution in [3.63, 3.8) is 0 Å². The summed E-state index contributed by atoms with van der Waals surface area (Å²) < 4.78 is 7.52. The Morgan fingerprint density at radius 3 is 2.95 bits per heavy atom. The van der Waals surface area contributed by atoms with E-state index in [9.17, 15) is 0 Å². The molecule has 19 heavy (non-hydrogen) atoms. The van der Waals surface area contributed by atoms with Crippen LogP contribution < -0.4 is 10.5 Å². The molecule has 0 saturated heterocycles. The molecule has 3 rings (SSSR count). The van der Waals surface area contributed by atoms with Crippen LogP contribution in [-0.4, -0.2) is 21.1 Å². The van der Waals surface area contributed by atoms with Gasteiger partial charge in [-0.25, -0.2) is 4.98 Å². The highest BCUT2D eigenvalue weighted by atomic mass is 16.5. The van der Waals surface area contributed by atoms with E-state index in [2.05, 4.69) is 9.97 Å². The molecule has 0 amide bonds. The van der Waals surface area contributed by atoms with Gasteiger partial charge in [0.05, 0.1) is 24.0 Å². The number of aromatic nitrogens is 3. The Kier molecular flexibility index (Phi) is 2.79. The van der Waals surface area contributed by atoms with Gasteiger partial charge in [0.25, 0.3) is 0 Å². The number of anilines is 1. The number of benzene rings is 1. The zero-order valence-electron chi connectivity index (χ0n) is 10.6. The number of nitrogens with two attached hydrogens (primary N) is 1. The summed E-state index contributed by atoms with van der Waals surface area (Å²) in [5.41, 5.74) is 8.59. The molecular weight excluding hydrogens is 240 g/mol.